The molecule has 38 heavy (non-hydrogen) atoms. The van der Waals surface area contributed by atoms with Crippen molar-refractivity contribution in [3.63, 3.8) is 0 Å². The van der Waals surface area contributed by atoms with Gasteiger partial charge in [-0.15, -0.1) is 0 Å². The molecule has 1 aromatic heterocycles. The first-order chi connectivity index (χ1) is 18.5. The number of carbonyl (C=O) groups excluding carboxylic acids is 1. The largest absolute Gasteiger partial charge is 0.493 e. The number of esters is 1. The fourth-order valence-corrected chi connectivity index (χ4v) is 5.79. The molecule has 0 bridgehead atoms. The fourth-order valence-electron chi connectivity index (χ4n) is 5.79. The summed E-state index contributed by atoms with van der Waals surface area (Å²) in [4.78, 5) is 19.8. The topological polar surface area (TPSA) is 97.8 Å². The maximum Gasteiger partial charge on any atom is 0.343 e. The highest BCUT2D eigenvalue weighted by atomic mass is 16.7. The fraction of sp³-hybridized carbons (Fsp3) is 0.357. The van der Waals surface area contributed by atoms with Crippen LogP contribution in [0.2, 0.25) is 0 Å². The Labute approximate surface area is 219 Å². The lowest BCUT2D eigenvalue weighted by Gasteiger charge is -2.39. The van der Waals surface area contributed by atoms with Crippen LogP contribution in [0.25, 0.3) is 11.1 Å². The van der Waals surface area contributed by atoms with Crippen molar-refractivity contribution in [3.8, 4) is 45.8 Å². The summed E-state index contributed by atoms with van der Waals surface area (Å²) in [5.41, 5.74) is 4.77. The lowest BCUT2D eigenvalue weighted by atomic mass is 9.81. The molecule has 0 aliphatic carbocycles. The van der Waals surface area contributed by atoms with E-state index in [4.69, 9.17) is 33.2 Å². The Bertz CT molecular complexity index is 1420. The van der Waals surface area contributed by atoms with Crippen LogP contribution in [0.3, 0.4) is 0 Å². The van der Waals surface area contributed by atoms with Crippen LogP contribution in [0.1, 0.15) is 39.2 Å². The van der Waals surface area contributed by atoms with Crippen molar-refractivity contribution < 1.29 is 38.0 Å². The minimum absolute atomic E-state index is 0.0733. The van der Waals surface area contributed by atoms with Crippen molar-refractivity contribution in [2.45, 2.75) is 18.6 Å². The zero-order chi connectivity index (χ0) is 26.6. The molecule has 2 aromatic carbocycles. The molecule has 3 aliphatic heterocycles. The number of nitrogens with zero attached hydrogens (tertiary/aromatic N) is 2. The molecule has 0 unspecified atom stereocenters. The summed E-state index contributed by atoms with van der Waals surface area (Å²) in [5.74, 6) is 2.59. The highest BCUT2D eigenvalue weighted by Crippen LogP contribution is 2.58. The molecule has 198 valence electrons. The molecule has 0 spiro atoms. The van der Waals surface area contributed by atoms with E-state index in [0.717, 1.165) is 34.2 Å². The Hall–Kier alpha value is -4.18. The van der Waals surface area contributed by atoms with E-state index in [1.165, 1.54) is 14.2 Å². The van der Waals surface area contributed by atoms with E-state index in [9.17, 15) is 4.79 Å². The number of aromatic nitrogens is 1. The molecule has 0 fully saturated rings. The smallest absolute Gasteiger partial charge is 0.343 e. The number of cyclic esters (lactones) is 1. The van der Waals surface area contributed by atoms with Gasteiger partial charge in [-0.2, -0.15) is 0 Å². The Morgan fingerprint density at radius 2 is 1.71 bits per heavy atom. The van der Waals surface area contributed by atoms with Gasteiger partial charge in [0, 0.05) is 41.1 Å². The Kier molecular flexibility index (Phi) is 5.91. The maximum atomic E-state index is 13.2. The van der Waals surface area contributed by atoms with E-state index in [1.807, 2.05) is 25.2 Å². The van der Waals surface area contributed by atoms with Crippen LogP contribution in [-0.4, -0.2) is 64.7 Å². The van der Waals surface area contributed by atoms with Crippen molar-refractivity contribution >= 4 is 5.97 Å². The molecule has 6 rings (SSSR count). The lowest BCUT2D eigenvalue weighted by molar-refractivity contribution is 0.00877. The molecule has 0 amide bonds. The summed E-state index contributed by atoms with van der Waals surface area (Å²) in [6.07, 6.45) is 1.87. The molecule has 0 saturated heterocycles. The zero-order valence-corrected chi connectivity index (χ0v) is 21.8. The number of carbonyl (C=O) groups is 1. The molecule has 0 N–H and O–H groups in total. The van der Waals surface area contributed by atoms with Gasteiger partial charge in [0.15, 0.2) is 23.0 Å². The number of likely N-dealkylation sites (N-methyl/N-ethyl adjacent to an activating group) is 1. The van der Waals surface area contributed by atoms with Crippen molar-refractivity contribution in [2.24, 2.45) is 0 Å². The number of benzene rings is 2. The molecular weight excluding hydrogens is 492 g/mol. The number of hydrogen-bond acceptors (Lipinski definition) is 10. The first-order valence-electron chi connectivity index (χ1n) is 12.2. The van der Waals surface area contributed by atoms with Crippen molar-refractivity contribution in [3.05, 3.63) is 52.7 Å². The summed E-state index contributed by atoms with van der Waals surface area (Å²) >= 11 is 0. The number of methoxy groups -OCH3 is 4. The summed E-state index contributed by atoms with van der Waals surface area (Å²) in [5, 5.41) is 0. The van der Waals surface area contributed by atoms with Crippen LogP contribution < -0.4 is 28.4 Å². The van der Waals surface area contributed by atoms with Crippen LogP contribution in [0.5, 0.6) is 34.6 Å². The van der Waals surface area contributed by atoms with Gasteiger partial charge in [-0.25, -0.2) is 9.78 Å². The molecule has 10 heteroatoms. The van der Waals surface area contributed by atoms with Crippen LogP contribution >= 0.6 is 0 Å². The van der Waals surface area contributed by atoms with Gasteiger partial charge < -0.3 is 33.2 Å². The maximum absolute atomic E-state index is 13.2. The lowest BCUT2D eigenvalue weighted by Crippen LogP contribution is -2.36. The third kappa shape index (κ3) is 3.43. The van der Waals surface area contributed by atoms with E-state index in [2.05, 4.69) is 9.88 Å². The molecule has 3 aliphatic rings. The average molecular weight is 521 g/mol. The number of rotatable bonds is 6. The van der Waals surface area contributed by atoms with Crippen LogP contribution in [0.15, 0.2) is 30.5 Å². The Balaban J connectivity index is 1.58. The van der Waals surface area contributed by atoms with Crippen molar-refractivity contribution in [1.82, 2.24) is 9.88 Å². The molecule has 0 radical (unpaired) electrons. The van der Waals surface area contributed by atoms with Gasteiger partial charge in [0.1, 0.15) is 11.7 Å². The minimum Gasteiger partial charge on any atom is -0.493 e. The number of fused-ring (bicyclic) bond motifs is 3. The van der Waals surface area contributed by atoms with Crippen LogP contribution in [0.4, 0.5) is 0 Å². The zero-order valence-electron chi connectivity index (χ0n) is 21.8. The standard InChI is InChI=1S/C28H28N2O8/c1-30-11-10-15-19(14-6-9-18(33-3)29-12-14)26-27(37-13-36-26)25(35-5)20(15)22(30)23-16-7-8-17(32-2)24(34-4)21(16)28(31)38-23/h6-9,12,22-23H,10-11,13H2,1-5H3/t22-,23+/m1/s1. The first kappa shape index (κ1) is 24.2. The Morgan fingerprint density at radius 3 is 2.39 bits per heavy atom. The Morgan fingerprint density at radius 1 is 0.921 bits per heavy atom. The predicted molar refractivity (Wildman–Crippen MR) is 136 cm³/mol. The van der Waals surface area contributed by atoms with Gasteiger partial charge in [-0.1, -0.05) is 6.07 Å². The van der Waals surface area contributed by atoms with Gasteiger partial charge in [0.2, 0.25) is 18.4 Å². The molecule has 0 saturated carbocycles. The summed E-state index contributed by atoms with van der Waals surface area (Å²) in [6, 6.07) is 7.06. The SMILES string of the molecule is COc1ccc(-c2c3c(c(OC)c4c2OCO4)[C@H]([C@H]2OC(=O)c4c2ccc(OC)c4OC)N(C)CC3)cn1. The van der Waals surface area contributed by atoms with Gasteiger partial charge in [0.05, 0.1) is 34.5 Å². The van der Waals surface area contributed by atoms with E-state index in [0.29, 0.717) is 46.7 Å². The summed E-state index contributed by atoms with van der Waals surface area (Å²) < 4.78 is 40.2. The second kappa shape index (κ2) is 9.29. The van der Waals surface area contributed by atoms with Gasteiger partial charge >= 0.3 is 5.97 Å². The van der Waals surface area contributed by atoms with E-state index >= 15 is 0 Å². The van der Waals surface area contributed by atoms with Crippen molar-refractivity contribution in [2.75, 3.05) is 48.8 Å². The summed E-state index contributed by atoms with van der Waals surface area (Å²) in [7, 11) is 8.26. The monoisotopic (exact) mass is 520 g/mol. The highest BCUT2D eigenvalue weighted by molar-refractivity contribution is 5.98. The number of ether oxygens (including phenoxy) is 7. The third-order valence-electron chi connectivity index (χ3n) is 7.45. The van der Waals surface area contributed by atoms with Gasteiger partial charge in [0.25, 0.3) is 0 Å². The van der Waals surface area contributed by atoms with Crippen LogP contribution in [-0.2, 0) is 11.2 Å². The minimum atomic E-state index is -0.613. The molecule has 4 heterocycles. The highest BCUT2D eigenvalue weighted by Gasteiger charge is 2.47. The van der Waals surface area contributed by atoms with Gasteiger partial charge in [-0.05, 0) is 31.2 Å². The van der Waals surface area contributed by atoms with E-state index in [-0.39, 0.29) is 12.8 Å². The second-order valence-electron chi connectivity index (χ2n) is 9.22. The summed E-state index contributed by atoms with van der Waals surface area (Å²) in [6.45, 7) is 0.789. The predicted octanol–water partition coefficient (Wildman–Crippen LogP) is 3.95. The average Bonchev–Trinajstić information content (AvgIpc) is 3.56. The van der Waals surface area contributed by atoms with E-state index < -0.39 is 12.1 Å². The third-order valence-corrected chi connectivity index (χ3v) is 7.45. The second-order valence-corrected chi connectivity index (χ2v) is 9.22. The first-order valence-corrected chi connectivity index (χ1v) is 12.2. The molecule has 3 aromatic rings. The van der Waals surface area contributed by atoms with Gasteiger partial charge in [-0.3, -0.25) is 4.90 Å². The normalized spacial score (nSPS) is 19.4. The number of hydrogen-bond donors (Lipinski definition) is 0. The van der Waals surface area contributed by atoms with Crippen LogP contribution in [0, 0.1) is 0 Å². The molecule has 10 nitrogen and oxygen atoms in total. The number of pyridine rings is 1. The quantitative estimate of drug-likeness (QED) is 0.445. The van der Waals surface area contributed by atoms with E-state index in [1.54, 1.807) is 26.5 Å². The molecular formula is C28H28N2O8. The molecule has 2 atom stereocenters. The van der Waals surface area contributed by atoms with Crippen molar-refractivity contribution in [1.29, 1.82) is 0 Å².